The van der Waals surface area contributed by atoms with Gasteiger partial charge in [0.1, 0.15) is 12.1 Å². The van der Waals surface area contributed by atoms with Gasteiger partial charge in [-0.25, -0.2) is 9.97 Å². The maximum atomic E-state index is 5.43. The van der Waals surface area contributed by atoms with Gasteiger partial charge in [-0.15, -0.1) is 0 Å². The molecule has 0 N–H and O–H groups in total. The van der Waals surface area contributed by atoms with Crippen molar-refractivity contribution in [2.45, 2.75) is 38.6 Å². The molecule has 1 unspecified atom stereocenters. The Bertz CT molecular complexity index is 609. The van der Waals surface area contributed by atoms with Crippen molar-refractivity contribution in [2.75, 3.05) is 25.2 Å². The Morgan fingerprint density at radius 1 is 1.36 bits per heavy atom. The van der Waals surface area contributed by atoms with E-state index in [1.807, 2.05) is 18.0 Å². The Labute approximate surface area is 129 Å². The van der Waals surface area contributed by atoms with Gasteiger partial charge in [-0.1, -0.05) is 12.1 Å². The molecule has 1 atom stereocenters. The van der Waals surface area contributed by atoms with E-state index in [9.17, 15) is 0 Å². The second-order valence-electron chi connectivity index (χ2n) is 5.57. The summed E-state index contributed by atoms with van der Waals surface area (Å²) in [7, 11) is 1.96. The molecule has 1 aliphatic rings. The fourth-order valence-corrected chi connectivity index (χ4v) is 2.52. The summed E-state index contributed by atoms with van der Waals surface area (Å²) in [4.78, 5) is 15.1. The van der Waals surface area contributed by atoms with Crippen LogP contribution in [0.25, 0.3) is 0 Å². The second kappa shape index (κ2) is 6.83. The van der Waals surface area contributed by atoms with E-state index in [0.29, 0.717) is 18.4 Å². The van der Waals surface area contributed by atoms with Gasteiger partial charge in [-0.05, 0) is 12.8 Å². The predicted octanol–water partition coefficient (Wildman–Crippen LogP) is 1.95. The van der Waals surface area contributed by atoms with Crippen LogP contribution < -0.4 is 4.90 Å². The summed E-state index contributed by atoms with van der Waals surface area (Å²) in [6.45, 7) is 4.18. The lowest BCUT2D eigenvalue weighted by atomic mass is 10.0. The average molecular weight is 303 g/mol. The van der Waals surface area contributed by atoms with E-state index in [-0.39, 0.29) is 0 Å². The monoisotopic (exact) mass is 303 g/mol. The van der Waals surface area contributed by atoms with Crippen molar-refractivity contribution in [3.05, 3.63) is 29.8 Å². The van der Waals surface area contributed by atoms with Crippen molar-refractivity contribution in [3.63, 3.8) is 0 Å². The van der Waals surface area contributed by atoms with Crippen LogP contribution in [0.4, 0.5) is 5.82 Å². The third-order valence-electron chi connectivity index (χ3n) is 3.77. The van der Waals surface area contributed by atoms with E-state index >= 15 is 0 Å². The Balaban J connectivity index is 1.68. The molecule has 2 aromatic heterocycles. The lowest BCUT2D eigenvalue weighted by molar-refractivity contribution is 0.193. The number of hydrogen-bond acceptors (Lipinski definition) is 7. The van der Waals surface area contributed by atoms with Crippen LogP contribution in [0.5, 0.6) is 0 Å². The van der Waals surface area contributed by atoms with Gasteiger partial charge >= 0.3 is 0 Å². The first-order valence-electron chi connectivity index (χ1n) is 7.68. The minimum atomic E-state index is 0.370. The van der Waals surface area contributed by atoms with E-state index in [0.717, 1.165) is 49.8 Å². The molecule has 118 valence electrons. The van der Waals surface area contributed by atoms with Crippen LogP contribution in [-0.2, 0) is 17.7 Å². The molecule has 3 heterocycles. The smallest absolute Gasteiger partial charge is 0.246 e. The van der Waals surface area contributed by atoms with Gasteiger partial charge in [0.15, 0.2) is 5.82 Å². The zero-order chi connectivity index (χ0) is 15.4. The number of ether oxygens (including phenoxy) is 1. The van der Waals surface area contributed by atoms with Gasteiger partial charge in [-0.3, -0.25) is 0 Å². The minimum absolute atomic E-state index is 0.370. The van der Waals surface area contributed by atoms with Crippen molar-refractivity contribution < 1.29 is 9.26 Å². The van der Waals surface area contributed by atoms with E-state index in [1.54, 1.807) is 6.33 Å². The SMILES string of the molecule is CCCc1noc(CN(C)c2cc(C3CCOC3)ncn2)n1. The molecule has 0 amide bonds. The van der Waals surface area contributed by atoms with Crippen molar-refractivity contribution in [2.24, 2.45) is 0 Å². The molecule has 0 spiro atoms. The Morgan fingerprint density at radius 2 is 2.27 bits per heavy atom. The maximum Gasteiger partial charge on any atom is 0.246 e. The topological polar surface area (TPSA) is 77.2 Å². The van der Waals surface area contributed by atoms with Crippen LogP contribution in [0.1, 0.15) is 43.1 Å². The van der Waals surface area contributed by atoms with Crippen molar-refractivity contribution in [1.82, 2.24) is 20.1 Å². The summed E-state index contributed by atoms with van der Waals surface area (Å²) >= 11 is 0. The summed E-state index contributed by atoms with van der Waals surface area (Å²) in [5, 5.41) is 3.97. The van der Waals surface area contributed by atoms with Gasteiger partial charge in [0, 0.05) is 32.1 Å². The molecule has 0 aromatic carbocycles. The number of anilines is 1. The maximum absolute atomic E-state index is 5.43. The summed E-state index contributed by atoms with van der Waals surface area (Å²) in [5.41, 5.74) is 1.03. The molecule has 0 saturated carbocycles. The van der Waals surface area contributed by atoms with E-state index < -0.39 is 0 Å². The molecule has 0 aliphatic carbocycles. The zero-order valence-corrected chi connectivity index (χ0v) is 13.0. The lowest BCUT2D eigenvalue weighted by Gasteiger charge is -2.17. The van der Waals surface area contributed by atoms with Crippen molar-refractivity contribution >= 4 is 5.82 Å². The second-order valence-corrected chi connectivity index (χ2v) is 5.57. The Hall–Kier alpha value is -2.02. The number of aryl methyl sites for hydroxylation is 1. The van der Waals surface area contributed by atoms with Crippen LogP contribution >= 0.6 is 0 Å². The summed E-state index contributed by atoms with van der Waals surface area (Å²) in [6, 6.07) is 2.02. The Kier molecular flexibility index (Phi) is 4.62. The van der Waals surface area contributed by atoms with Gasteiger partial charge in [-0.2, -0.15) is 4.98 Å². The highest BCUT2D eigenvalue weighted by atomic mass is 16.5. The first kappa shape index (κ1) is 14.9. The van der Waals surface area contributed by atoms with Gasteiger partial charge in [0.2, 0.25) is 5.89 Å². The number of rotatable bonds is 6. The number of nitrogens with zero attached hydrogens (tertiary/aromatic N) is 5. The molecule has 2 aromatic rings. The minimum Gasteiger partial charge on any atom is -0.381 e. The van der Waals surface area contributed by atoms with Crippen LogP contribution in [-0.4, -0.2) is 40.4 Å². The largest absolute Gasteiger partial charge is 0.381 e. The highest BCUT2D eigenvalue weighted by molar-refractivity contribution is 5.38. The van der Waals surface area contributed by atoms with Crippen LogP contribution in [0.15, 0.2) is 16.9 Å². The predicted molar refractivity (Wildman–Crippen MR) is 80.6 cm³/mol. The van der Waals surface area contributed by atoms with E-state index in [2.05, 4.69) is 27.0 Å². The molecule has 0 radical (unpaired) electrons. The number of aromatic nitrogens is 4. The number of hydrogen-bond donors (Lipinski definition) is 0. The molecule has 1 aliphatic heterocycles. The molecule has 22 heavy (non-hydrogen) atoms. The highest BCUT2D eigenvalue weighted by Gasteiger charge is 2.20. The molecule has 1 fully saturated rings. The van der Waals surface area contributed by atoms with Gasteiger partial charge < -0.3 is 14.2 Å². The normalized spacial score (nSPS) is 17.8. The first-order chi connectivity index (χ1) is 10.8. The van der Waals surface area contributed by atoms with Crippen LogP contribution in [0.2, 0.25) is 0 Å². The third kappa shape index (κ3) is 3.41. The Morgan fingerprint density at radius 3 is 3.05 bits per heavy atom. The molecular formula is C15H21N5O2. The third-order valence-corrected chi connectivity index (χ3v) is 3.77. The molecule has 3 rings (SSSR count). The zero-order valence-electron chi connectivity index (χ0n) is 13.0. The standard InChI is InChI=1S/C15H21N5O2/c1-3-4-13-18-15(22-19-13)8-20(2)14-7-12(16-10-17-14)11-5-6-21-9-11/h7,10-11H,3-6,8-9H2,1-2H3. The van der Waals surface area contributed by atoms with Crippen molar-refractivity contribution in [3.8, 4) is 0 Å². The molecule has 7 heteroatoms. The van der Waals surface area contributed by atoms with E-state index in [4.69, 9.17) is 9.26 Å². The summed E-state index contributed by atoms with van der Waals surface area (Å²) in [6.07, 6.45) is 4.47. The quantitative estimate of drug-likeness (QED) is 0.807. The van der Waals surface area contributed by atoms with Crippen molar-refractivity contribution in [1.29, 1.82) is 0 Å². The molecule has 7 nitrogen and oxygen atoms in total. The van der Waals surface area contributed by atoms with Gasteiger partial charge in [0.05, 0.1) is 18.8 Å². The fourth-order valence-electron chi connectivity index (χ4n) is 2.52. The van der Waals surface area contributed by atoms with E-state index in [1.165, 1.54) is 0 Å². The molecular weight excluding hydrogens is 282 g/mol. The molecule has 1 saturated heterocycles. The molecule has 0 bridgehead atoms. The highest BCUT2D eigenvalue weighted by Crippen LogP contribution is 2.25. The van der Waals surface area contributed by atoms with Crippen LogP contribution in [0, 0.1) is 0 Å². The summed E-state index contributed by atoms with van der Waals surface area (Å²) < 4.78 is 10.7. The average Bonchev–Trinajstić information content (AvgIpc) is 3.20. The lowest BCUT2D eigenvalue weighted by Crippen LogP contribution is -2.18. The van der Waals surface area contributed by atoms with Gasteiger partial charge in [0.25, 0.3) is 0 Å². The van der Waals surface area contributed by atoms with Crippen LogP contribution in [0.3, 0.4) is 0 Å². The summed E-state index contributed by atoms with van der Waals surface area (Å²) in [5.74, 6) is 2.59. The first-order valence-corrected chi connectivity index (χ1v) is 7.68. The fraction of sp³-hybridized carbons (Fsp3) is 0.600.